The molecule has 1 aliphatic carbocycles. The van der Waals surface area contributed by atoms with Crippen LogP contribution in [0.3, 0.4) is 0 Å². The lowest BCUT2D eigenvalue weighted by Gasteiger charge is -2.24. The van der Waals surface area contributed by atoms with Gasteiger partial charge in [-0.2, -0.15) is 11.3 Å². The largest absolute Gasteiger partial charge is 0.375 e. The van der Waals surface area contributed by atoms with Crippen molar-refractivity contribution in [2.24, 2.45) is 7.05 Å². The Bertz CT molecular complexity index is 1070. The van der Waals surface area contributed by atoms with Crippen LogP contribution in [0.5, 0.6) is 0 Å². The molecule has 0 atom stereocenters. The van der Waals surface area contributed by atoms with Gasteiger partial charge in [0.2, 0.25) is 5.91 Å². The van der Waals surface area contributed by atoms with Gasteiger partial charge < -0.3 is 19.5 Å². The van der Waals surface area contributed by atoms with E-state index in [9.17, 15) is 9.59 Å². The van der Waals surface area contributed by atoms with E-state index in [1.54, 1.807) is 29.4 Å². The van der Waals surface area contributed by atoms with Crippen molar-refractivity contribution in [3.05, 3.63) is 45.9 Å². The van der Waals surface area contributed by atoms with Crippen LogP contribution in [-0.2, 0) is 23.1 Å². The van der Waals surface area contributed by atoms with Crippen LogP contribution in [0.2, 0.25) is 0 Å². The molecule has 0 aliphatic heterocycles. The van der Waals surface area contributed by atoms with Crippen molar-refractivity contribution in [3.8, 4) is 0 Å². The van der Waals surface area contributed by atoms with Gasteiger partial charge in [-0.1, -0.05) is 6.42 Å². The number of nitrogens with one attached hydrogen (secondary N) is 1. The summed E-state index contributed by atoms with van der Waals surface area (Å²) in [5, 5.41) is 6.86. The zero-order valence-corrected chi connectivity index (χ0v) is 18.3. The molecule has 1 fully saturated rings. The predicted octanol–water partition coefficient (Wildman–Crippen LogP) is 3.76. The van der Waals surface area contributed by atoms with Crippen molar-refractivity contribution in [2.45, 2.75) is 31.7 Å². The molecule has 0 spiro atoms. The van der Waals surface area contributed by atoms with Gasteiger partial charge in [0.25, 0.3) is 5.91 Å². The van der Waals surface area contributed by atoms with Gasteiger partial charge in [0.05, 0.1) is 16.6 Å². The van der Waals surface area contributed by atoms with Gasteiger partial charge in [-0.15, -0.1) is 0 Å². The molecule has 4 rings (SSSR count). The molecule has 1 aliphatic rings. The summed E-state index contributed by atoms with van der Waals surface area (Å²) in [6.45, 7) is 0.479. The van der Waals surface area contributed by atoms with Crippen molar-refractivity contribution >= 4 is 39.9 Å². The molecular formula is C22H26N4O3S. The number of imidazole rings is 1. The first-order chi connectivity index (χ1) is 14.5. The zero-order valence-electron chi connectivity index (χ0n) is 17.5. The summed E-state index contributed by atoms with van der Waals surface area (Å²) in [5.74, 6) is 1.07. The third kappa shape index (κ3) is 3.97. The minimum Gasteiger partial charge on any atom is -0.375 e. The average molecular weight is 427 g/mol. The highest BCUT2D eigenvalue weighted by Gasteiger charge is 2.27. The Balaban J connectivity index is 1.74. The van der Waals surface area contributed by atoms with Gasteiger partial charge in [0.1, 0.15) is 12.4 Å². The lowest BCUT2D eigenvalue weighted by atomic mass is 9.85. The second kappa shape index (κ2) is 8.57. The Morgan fingerprint density at radius 2 is 2.17 bits per heavy atom. The van der Waals surface area contributed by atoms with Crippen LogP contribution >= 0.6 is 11.3 Å². The number of rotatable bonds is 7. The molecule has 1 aromatic carbocycles. The number of benzene rings is 1. The van der Waals surface area contributed by atoms with Gasteiger partial charge in [-0.25, -0.2) is 4.98 Å². The number of aromatic nitrogens is 2. The Kier molecular flexibility index (Phi) is 5.87. The fraction of sp³-hybridized carbons (Fsp3) is 0.409. The molecule has 8 heteroatoms. The first kappa shape index (κ1) is 20.6. The summed E-state index contributed by atoms with van der Waals surface area (Å²) >= 11 is 1.61. The van der Waals surface area contributed by atoms with Gasteiger partial charge in [-0.3, -0.25) is 9.59 Å². The van der Waals surface area contributed by atoms with Crippen molar-refractivity contribution in [1.29, 1.82) is 0 Å². The predicted molar refractivity (Wildman–Crippen MR) is 118 cm³/mol. The summed E-state index contributed by atoms with van der Waals surface area (Å²) < 4.78 is 6.96. The highest BCUT2D eigenvalue weighted by atomic mass is 32.1. The molecule has 0 saturated heterocycles. The number of methoxy groups -OCH3 is 1. The Morgan fingerprint density at radius 1 is 1.37 bits per heavy atom. The van der Waals surface area contributed by atoms with E-state index in [1.807, 2.05) is 34.5 Å². The Labute approximate surface area is 179 Å². The summed E-state index contributed by atoms with van der Waals surface area (Å²) in [5.41, 5.74) is 3.72. The second-order valence-corrected chi connectivity index (χ2v) is 8.60. The minimum absolute atomic E-state index is 0.0467. The normalized spacial score (nSPS) is 14.0. The molecule has 1 saturated carbocycles. The van der Waals surface area contributed by atoms with Crippen LogP contribution in [-0.4, -0.2) is 47.0 Å². The van der Waals surface area contributed by atoms with Crippen LogP contribution in [0.1, 0.15) is 46.9 Å². The van der Waals surface area contributed by atoms with E-state index in [2.05, 4.69) is 5.32 Å². The van der Waals surface area contributed by atoms with E-state index >= 15 is 0 Å². The van der Waals surface area contributed by atoms with Crippen molar-refractivity contribution in [1.82, 2.24) is 14.5 Å². The molecule has 0 bridgehead atoms. The lowest BCUT2D eigenvalue weighted by Crippen LogP contribution is -2.27. The number of aryl methyl sites for hydroxylation is 1. The molecule has 30 heavy (non-hydrogen) atoms. The van der Waals surface area contributed by atoms with E-state index in [4.69, 9.17) is 9.72 Å². The summed E-state index contributed by atoms with van der Waals surface area (Å²) in [4.78, 5) is 32.0. The number of carbonyl (C=O) groups is 2. The molecule has 2 amide bonds. The highest BCUT2D eigenvalue weighted by molar-refractivity contribution is 7.07. The quantitative estimate of drug-likeness (QED) is 0.624. The van der Waals surface area contributed by atoms with Crippen LogP contribution in [0.15, 0.2) is 29.0 Å². The summed E-state index contributed by atoms with van der Waals surface area (Å²) in [6.07, 6.45) is 3.45. The van der Waals surface area contributed by atoms with E-state index in [1.165, 1.54) is 13.5 Å². The fourth-order valence-electron chi connectivity index (χ4n) is 3.90. The van der Waals surface area contributed by atoms with Gasteiger partial charge in [-0.05, 0) is 47.4 Å². The van der Waals surface area contributed by atoms with Crippen LogP contribution in [0, 0.1) is 0 Å². The molecule has 158 valence electrons. The number of nitrogens with zero attached hydrogens (tertiary/aromatic N) is 3. The van der Waals surface area contributed by atoms with Crippen molar-refractivity contribution < 1.29 is 14.3 Å². The van der Waals surface area contributed by atoms with E-state index in [-0.39, 0.29) is 18.4 Å². The molecule has 3 aromatic rings. The topological polar surface area (TPSA) is 76.5 Å². The Morgan fingerprint density at radius 3 is 2.80 bits per heavy atom. The Hall–Kier alpha value is -2.71. The summed E-state index contributed by atoms with van der Waals surface area (Å²) in [6, 6.07) is 5.60. The standard InChI is InChI=1S/C22H26N4O3S/c1-25(11-14-7-8-30-13-14)22(28)17-9-16(23-19(27)12-29-3)10-18-20(17)26(2)21(24-18)15-5-4-6-15/h7-10,13,15H,4-6,11-12H2,1-3H3,(H,23,27). The van der Waals surface area contributed by atoms with Crippen molar-refractivity contribution in [2.75, 3.05) is 26.1 Å². The number of fused-ring (bicyclic) bond motifs is 1. The molecule has 0 unspecified atom stereocenters. The van der Waals surface area contributed by atoms with Gasteiger partial charge >= 0.3 is 0 Å². The molecule has 2 heterocycles. The number of hydrogen-bond donors (Lipinski definition) is 1. The second-order valence-electron chi connectivity index (χ2n) is 7.82. The van der Waals surface area contributed by atoms with E-state index < -0.39 is 0 Å². The smallest absolute Gasteiger partial charge is 0.256 e. The van der Waals surface area contributed by atoms with Gasteiger partial charge in [0, 0.05) is 39.4 Å². The minimum atomic E-state index is -0.267. The molecule has 2 aromatic heterocycles. The maximum atomic E-state index is 13.4. The fourth-order valence-corrected chi connectivity index (χ4v) is 4.56. The van der Waals surface area contributed by atoms with E-state index in [0.29, 0.717) is 23.7 Å². The molecule has 7 nitrogen and oxygen atoms in total. The first-order valence-corrected chi connectivity index (χ1v) is 11.0. The number of amides is 2. The van der Waals surface area contributed by atoms with Crippen LogP contribution in [0.25, 0.3) is 11.0 Å². The zero-order chi connectivity index (χ0) is 21.3. The van der Waals surface area contributed by atoms with Crippen LogP contribution < -0.4 is 5.32 Å². The average Bonchev–Trinajstić information content (AvgIpc) is 3.28. The third-order valence-corrected chi connectivity index (χ3v) is 6.34. The lowest BCUT2D eigenvalue weighted by molar-refractivity contribution is -0.119. The molecular weight excluding hydrogens is 400 g/mol. The maximum absolute atomic E-state index is 13.4. The highest BCUT2D eigenvalue weighted by Crippen LogP contribution is 2.38. The molecule has 0 radical (unpaired) electrons. The van der Waals surface area contributed by atoms with E-state index in [0.717, 1.165) is 35.3 Å². The van der Waals surface area contributed by atoms with Crippen molar-refractivity contribution in [3.63, 3.8) is 0 Å². The van der Waals surface area contributed by atoms with Crippen LogP contribution in [0.4, 0.5) is 5.69 Å². The number of thiophene rings is 1. The number of carbonyl (C=O) groups excluding carboxylic acids is 2. The number of anilines is 1. The summed E-state index contributed by atoms with van der Waals surface area (Å²) in [7, 11) is 5.24. The SMILES string of the molecule is COCC(=O)Nc1cc(C(=O)N(C)Cc2ccsc2)c2c(c1)nc(C1CCC1)n2C. The maximum Gasteiger partial charge on any atom is 0.256 e. The van der Waals surface area contributed by atoms with Gasteiger partial charge in [0.15, 0.2) is 0 Å². The monoisotopic (exact) mass is 426 g/mol. The third-order valence-electron chi connectivity index (χ3n) is 5.61. The first-order valence-electron chi connectivity index (χ1n) is 10.0. The number of hydrogen-bond acceptors (Lipinski definition) is 5. The number of ether oxygens (including phenoxy) is 1. The molecule has 1 N–H and O–H groups in total.